The van der Waals surface area contributed by atoms with Crippen LogP contribution >= 0.6 is 0 Å². The monoisotopic (exact) mass is 472 g/mol. The Bertz CT molecular complexity index is 1210. The predicted octanol–water partition coefficient (Wildman–Crippen LogP) is 3.28. The van der Waals surface area contributed by atoms with Crippen LogP contribution in [0, 0.1) is 0 Å². The second-order valence-electron chi connectivity index (χ2n) is 8.99. The molecule has 1 aliphatic heterocycles. The molecule has 1 amide bonds. The molecule has 0 fully saturated rings. The fourth-order valence-electron chi connectivity index (χ4n) is 4.64. The van der Waals surface area contributed by atoms with E-state index >= 15 is 0 Å². The minimum Gasteiger partial charge on any atom is -0.345 e. The van der Waals surface area contributed by atoms with Crippen LogP contribution in [0.3, 0.4) is 0 Å². The summed E-state index contributed by atoms with van der Waals surface area (Å²) in [5.74, 6) is 0.0331. The van der Waals surface area contributed by atoms with Crippen molar-refractivity contribution in [3.05, 3.63) is 88.4 Å². The first kappa shape index (κ1) is 24.5. The molecule has 1 aliphatic carbocycles. The van der Waals surface area contributed by atoms with Gasteiger partial charge >= 0.3 is 0 Å². The fourth-order valence-corrected chi connectivity index (χ4v) is 4.64. The van der Waals surface area contributed by atoms with Gasteiger partial charge < -0.3 is 5.32 Å². The van der Waals surface area contributed by atoms with Crippen molar-refractivity contribution in [2.75, 3.05) is 19.6 Å². The highest BCUT2D eigenvalue weighted by atomic mass is 16.2. The lowest BCUT2D eigenvalue weighted by molar-refractivity contribution is -0.128. The van der Waals surface area contributed by atoms with Crippen LogP contribution in [0.15, 0.2) is 82.8 Å². The molecule has 1 atom stereocenters. The van der Waals surface area contributed by atoms with Gasteiger partial charge in [0.05, 0.1) is 12.6 Å². The highest BCUT2D eigenvalue weighted by Crippen LogP contribution is 2.24. The molecule has 1 N–H and O–H groups in total. The summed E-state index contributed by atoms with van der Waals surface area (Å²) in [5.41, 5.74) is 3.18. The number of nitrogens with zero attached hydrogens (tertiary/aromatic N) is 3. The topological polar surface area (TPSA) is 84.3 Å². The van der Waals surface area contributed by atoms with E-state index in [0.29, 0.717) is 18.8 Å². The molecule has 0 bridgehead atoms. The summed E-state index contributed by atoms with van der Waals surface area (Å²) in [5, 5.41) is 2.85. The van der Waals surface area contributed by atoms with Crippen LogP contribution in [0.4, 0.5) is 0 Å². The standard InChI is InChI=1S/C28H32N4O3/c1-2-24(25(33)19-31-17-9-14-21-10-5-3-8-13-23(21)18-31)30-26(34)20-32-27(35)15-16-29-28(32)22-11-6-4-7-12-22/h3-8,11-13,15-16,24H,2,9-10,14,17-20H2,1H3,(H,30,34)/t24-/m0/s1. The zero-order valence-electron chi connectivity index (χ0n) is 20.2. The Kier molecular flexibility index (Phi) is 8.21. The third-order valence-electron chi connectivity index (χ3n) is 6.49. The number of rotatable bonds is 8. The Balaban J connectivity index is 1.41. The zero-order chi connectivity index (χ0) is 24.6. The van der Waals surface area contributed by atoms with E-state index in [2.05, 4.69) is 39.5 Å². The van der Waals surface area contributed by atoms with E-state index in [1.807, 2.05) is 37.3 Å². The molecular formula is C28H32N4O3. The minimum atomic E-state index is -0.599. The van der Waals surface area contributed by atoms with Crippen molar-refractivity contribution in [1.82, 2.24) is 19.8 Å². The molecule has 0 unspecified atom stereocenters. The number of carbonyl (C=O) groups is 2. The zero-order valence-corrected chi connectivity index (χ0v) is 20.2. The number of allylic oxidation sites excluding steroid dienone is 4. The summed E-state index contributed by atoms with van der Waals surface area (Å²) in [6.45, 7) is 3.58. The van der Waals surface area contributed by atoms with Gasteiger partial charge in [0, 0.05) is 24.4 Å². The number of Topliss-reactive ketones (excluding diaryl/α,β-unsaturated/α-hetero) is 1. The molecule has 1 aromatic heterocycles. The number of hydrogen-bond donors (Lipinski definition) is 1. The smallest absolute Gasteiger partial charge is 0.254 e. The molecule has 4 rings (SSSR count). The van der Waals surface area contributed by atoms with Crippen LogP contribution < -0.4 is 10.9 Å². The number of benzene rings is 1. The first-order valence-electron chi connectivity index (χ1n) is 12.2. The van der Waals surface area contributed by atoms with E-state index in [-0.39, 0.29) is 23.8 Å². The number of hydrogen-bond acceptors (Lipinski definition) is 5. The molecule has 182 valence electrons. The van der Waals surface area contributed by atoms with Gasteiger partial charge in [0.1, 0.15) is 12.4 Å². The first-order chi connectivity index (χ1) is 17.0. The summed E-state index contributed by atoms with van der Waals surface area (Å²) >= 11 is 0. The maximum atomic E-state index is 13.1. The summed E-state index contributed by atoms with van der Waals surface area (Å²) in [7, 11) is 0. The number of carbonyl (C=O) groups excluding carboxylic acids is 2. The van der Waals surface area contributed by atoms with Gasteiger partial charge in [0.2, 0.25) is 5.91 Å². The molecule has 0 spiro atoms. The number of amides is 1. The molecular weight excluding hydrogens is 440 g/mol. The molecule has 35 heavy (non-hydrogen) atoms. The van der Waals surface area contributed by atoms with Crippen molar-refractivity contribution in [3.8, 4) is 11.4 Å². The lowest BCUT2D eigenvalue weighted by atomic mass is 10.0. The van der Waals surface area contributed by atoms with Gasteiger partial charge in [-0.1, -0.05) is 67.1 Å². The summed E-state index contributed by atoms with van der Waals surface area (Å²) < 4.78 is 1.34. The van der Waals surface area contributed by atoms with E-state index in [1.54, 1.807) is 0 Å². The van der Waals surface area contributed by atoms with Crippen molar-refractivity contribution in [2.45, 2.75) is 45.2 Å². The van der Waals surface area contributed by atoms with Crippen LogP contribution in [0.1, 0.15) is 32.6 Å². The third kappa shape index (κ3) is 6.31. The molecule has 0 radical (unpaired) electrons. The number of ketones is 1. The van der Waals surface area contributed by atoms with Gasteiger partial charge in [-0.3, -0.25) is 23.9 Å². The van der Waals surface area contributed by atoms with Gasteiger partial charge in [-0.25, -0.2) is 4.98 Å². The van der Waals surface area contributed by atoms with E-state index in [4.69, 9.17) is 0 Å². The lowest BCUT2D eigenvalue weighted by Crippen LogP contribution is -2.47. The molecule has 0 saturated heterocycles. The van der Waals surface area contributed by atoms with Crippen molar-refractivity contribution >= 4 is 11.7 Å². The average Bonchev–Trinajstić information content (AvgIpc) is 3.19. The van der Waals surface area contributed by atoms with E-state index < -0.39 is 6.04 Å². The average molecular weight is 473 g/mol. The van der Waals surface area contributed by atoms with Gasteiger partial charge in [-0.15, -0.1) is 0 Å². The normalized spacial score (nSPS) is 16.8. The van der Waals surface area contributed by atoms with Crippen LogP contribution in [0.2, 0.25) is 0 Å². The van der Waals surface area contributed by atoms with Gasteiger partial charge in [-0.2, -0.15) is 0 Å². The lowest BCUT2D eigenvalue weighted by Gasteiger charge is -2.24. The molecule has 7 heteroatoms. The predicted molar refractivity (Wildman–Crippen MR) is 137 cm³/mol. The van der Waals surface area contributed by atoms with E-state index in [9.17, 15) is 14.4 Å². The number of aromatic nitrogens is 2. The Morgan fingerprint density at radius 3 is 2.74 bits per heavy atom. The van der Waals surface area contributed by atoms with Gasteiger partial charge in [-0.05, 0) is 37.8 Å². The van der Waals surface area contributed by atoms with E-state index in [1.165, 1.54) is 28.0 Å². The Labute approximate surface area is 205 Å². The van der Waals surface area contributed by atoms with Gasteiger partial charge in [0.15, 0.2) is 5.78 Å². The molecule has 2 heterocycles. The Morgan fingerprint density at radius 2 is 1.94 bits per heavy atom. The SMILES string of the molecule is CC[C@H](NC(=O)Cn1c(-c2ccccc2)nccc1=O)C(=O)CN1CCCC2=C(C=CC=CC2)C1. The molecule has 7 nitrogen and oxygen atoms in total. The number of nitrogens with one attached hydrogen (secondary N) is 1. The van der Waals surface area contributed by atoms with Crippen LogP contribution in [-0.2, 0) is 16.1 Å². The van der Waals surface area contributed by atoms with Crippen LogP contribution in [-0.4, -0.2) is 51.8 Å². The Morgan fingerprint density at radius 1 is 1.11 bits per heavy atom. The third-order valence-corrected chi connectivity index (χ3v) is 6.49. The van der Waals surface area contributed by atoms with Crippen molar-refractivity contribution < 1.29 is 9.59 Å². The van der Waals surface area contributed by atoms with Crippen molar-refractivity contribution in [3.63, 3.8) is 0 Å². The summed E-state index contributed by atoms with van der Waals surface area (Å²) in [6.07, 6.45) is 13.4. The van der Waals surface area contributed by atoms with E-state index in [0.717, 1.165) is 37.9 Å². The first-order valence-corrected chi connectivity index (χ1v) is 12.2. The largest absolute Gasteiger partial charge is 0.345 e. The second-order valence-corrected chi connectivity index (χ2v) is 8.99. The van der Waals surface area contributed by atoms with Crippen LogP contribution in [0.25, 0.3) is 11.4 Å². The fraction of sp³-hybridized carbons (Fsp3) is 0.357. The summed E-state index contributed by atoms with van der Waals surface area (Å²) in [4.78, 5) is 45.1. The maximum Gasteiger partial charge on any atom is 0.254 e. The maximum absolute atomic E-state index is 13.1. The van der Waals surface area contributed by atoms with Crippen LogP contribution in [0.5, 0.6) is 0 Å². The van der Waals surface area contributed by atoms with Gasteiger partial charge in [0.25, 0.3) is 5.56 Å². The second kappa shape index (κ2) is 11.7. The highest BCUT2D eigenvalue weighted by molar-refractivity contribution is 5.90. The minimum absolute atomic E-state index is 0.0116. The quantitative estimate of drug-likeness (QED) is 0.637. The Hall–Kier alpha value is -3.58. The van der Waals surface area contributed by atoms with Crippen molar-refractivity contribution in [1.29, 1.82) is 0 Å². The molecule has 1 aromatic carbocycles. The molecule has 2 aromatic rings. The van der Waals surface area contributed by atoms with Crippen molar-refractivity contribution in [2.24, 2.45) is 0 Å². The summed E-state index contributed by atoms with van der Waals surface area (Å²) in [6, 6.07) is 10.0. The molecule has 0 saturated carbocycles. The molecule has 2 aliphatic rings. The highest BCUT2D eigenvalue weighted by Gasteiger charge is 2.24.